The van der Waals surface area contributed by atoms with Gasteiger partial charge in [-0.05, 0) is 24.3 Å². The molecule has 3 N–H and O–H groups in total. The zero-order valence-electron chi connectivity index (χ0n) is 18.7. The fourth-order valence-corrected chi connectivity index (χ4v) is 6.64. The third-order valence-corrected chi connectivity index (χ3v) is 7.91. The maximum absolute atomic E-state index is 14.8. The Labute approximate surface area is 217 Å². The van der Waals surface area contributed by atoms with E-state index in [1.165, 1.54) is 18.5 Å². The van der Waals surface area contributed by atoms with E-state index in [1.54, 1.807) is 24.3 Å². The predicted molar refractivity (Wildman–Crippen MR) is 130 cm³/mol. The molecule has 2 fully saturated rings. The van der Waals surface area contributed by atoms with E-state index in [9.17, 15) is 28.3 Å². The average molecular weight is 548 g/mol. The first-order valence-corrected chi connectivity index (χ1v) is 12.0. The number of aliphatic carboxylic acids is 1. The Morgan fingerprint density at radius 3 is 2.70 bits per heavy atom. The summed E-state index contributed by atoms with van der Waals surface area (Å²) in [6, 6.07) is 8.24. The number of benzene rings is 2. The number of carboxylic acid groups (broad SMARTS) is 1. The molecular weight excluding hydrogens is 531 g/mol. The standard InChI is InChI=1S/C24H17Cl2F2N5O4/c25-10-5-12-18(13(26)6-10)31-22(37)24(12)17(21(35)36)16(15-7-23(27,28)8-33(15)24)20(34)32-19-11-3-1-2-4-14(11)29-9-30-19/h1-6,9,15-17H,7-8H2,(H,31,37)(H,35,36)(H,29,30,32,34)/t15-,16+,17?,24+/m1/s1. The molecule has 1 aromatic heterocycles. The molecule has 1 spiro atoms. The largest absolute Gasteiger partial charge is 0.481 e. The molecular formula is C24H17Cl2F2N5O4. The normalized spacial score (nSPS) is 27.8. The van der Waals surface area contributed by atoms with Crippen molar-refractivity contribution in [1.82, 2.24) is 14.9 Å². The van der Waals surface area contributed by atoms with Gasteiger partial charge in [0.1, 0.15) is 23.6 Å². The summed E-state index contributed by atoms with van der Waals surface area (Å²) in [7, 11) is 0. The molecule has 1 unspecified atom stereocenters. The monoisotopic (exact) mass is 547 g/mol. The Kier molecular flexibility index (Phi) is 5.21. The van der Waals surface area contributed by atoms with Gasteiger partial charge in [-0.3, -0.25) is 19.3 Å². The number of hydrogen-bond acceptors (Lipinski definition) is 6. The lowest BCUT2D eigenvalue weighted by atomic mass is 9.73. The molecule has 0 aliphatic carbocycles. The van der Waals surface area contributed by atoms with Crippen LogP contribution in [0.15, 0.2) is 42.7 Å². The van der Waals surface area contributed by atoms with E-state index in [1.807, 2.05) is 0 Å². The molecule has 0 radical (unpaired) electrons. The van der Waals surface area contributed by atoms with Gasteiger partial charge in [-0.2, -0.15) is 0 Å². The van der Waals surface area contributed by atoms with Crippen LogP contribution in [0.25, 0.3) is 10.9 Å². The number of halogens is 4. The van der Waals surface area contributed by atoms with Crippen LogP contribution in [0.3, 0.4) is 0 Å². The number of alkyl halides is 2. The van der Waals surface area contributed by atoms with Crippen molar-refractivity contribution in [3.05, 3.63) is 58.3 Å². The molecule has 13 heteroatoms. The second-order valence-electron chi connectivity index (χ2n) is 9.36. The molecule has 9 nitrogen and oxygen atoms in total. The van der Waals surface area contributed by atoms with Crippen molar-refractivity contribution < 1.29 is 28.3 Å². The first-order chi connectivity index (χ1) is 17.5. The molecule has 3 aliphatic heterocycles. The van der Waals surface area contributed by atoms with Crippen molar-refractivity contribution in [2.45, 2.75) is 23.9 Å². The summed E-state index contributed by atoms with van der Waals surface area (Å²) >= 11 is 12.5. The third-order valence-electron chi connectivity index (χ3n) is 7.39. The van der Waals surface area contributed by atoms with Crippen LogP contribution in [-0.2, 0) is 19.9 Å². The van der Waals surface area contributed by atoms with Crippen molar-refractivity contribution >= 4 is 63.4 Å². The van der Waals surface area contributed by atoms with Crippen LogP contribution in [-0.4, -0.2) is 56.3 Å². The Morgan fingerprint density at radius 1 is 1.19 bits per heavy atom. The highest BCUT2D eigenvalue weighted by Crippen LogP contribution is 2.61. The van der Waals surface area contributed by atoms with Crippen LogP contribution >= 0.6 is 23.2 Å². The number of aromatic nitrogens is 2. The number of hydrogen-bond donors (Lipinski definition) is 3. The van der Waals surface area contributed by atoms with Crippen molar-refractivity contribution in [2.75, 3.05) is 17.2 Å². The van der Waals surface area contributed by atoms with Crippen LogP contribution < -0.4 is 10.6 Å². The van der Waals surface area contributed by atoms with Gasteiger partial charge in [0.25, 0.3) is 11.8 Å². The number of carbonyl (C=O) groups excluding carboxylic acids is 2. The maximum atomic E-state index is 14.8. The van der Waals surface area contributed by atoms with Crippen molar-refractivity contribution in [2.24, 2.45) is 11.8 Å². The minimum Gasteiger partial charge on any atom is -0.481 e. The zero-order valence-corrected chi connectivity index (χ0v) is 20.2. The number of nitrogens with one attached hydrogen (secondary N) is 2. The van der Waals surface area contributed by atoms with Gasteiger partial charge in [-0.25, -0.2) is 18.7 Å². The summed E-state index contributed by atoms with van der Waals surface area (Å²) in [4.78, 5) is 49.5. The molecule has 190 valence electrons. The molecule has 37 heavy (non-hydrogen) atoms. The van der Waals surface area contributed by atoms with Gasteiger partial charge in [0, 0.05) is 28.4 Å². The summed E-state index contributed by atoms with van der Waals surface area (Å²) in [6.45, 7) is -0.918. The smallest absolute Gasteiger partial charge is 0.310 e. The third kappa shape index (κ3) is 3.34. The fraction of sp³-hybridized carbons (Fsp3) is 0.292. The maximum Gasteiger partial charge on any atom is 0.310 e. The molecule has 6 rings (SSSR count). The Bertz CT molecular complexity index is 1520. The van der Waals surface area contributed by atoms with E-state index in [2.05, 4.69) is 20.6 Å². The highest BCUT2D eigenvalue weighted by atomic mass is 35.5. The van der Waals surface area contributed by atoms with E-state index >= 15 is 0 Å². The lowest BCUT2D eigenvalue weighted by molar-refractivity contribution is -0.153. The second-order valence-corrected chi connectivity index (χ2v) is 10.2. The Balaban J connectivity index is 1.52. The quantitative estimate of drug-likeness (QED) is 0.455. The SMILES string of the molecule is O=C(O)C1[C@@H](C(=O)Nc2ncnc3ccccc23)[C@H]2CC(F)(F)CN2[C@]12C(=O)Nc1c(Cl)cc(Cl)cc12. The Morgan fingerprint density at radius 2 is 1.95 bits per heavy atom. The van der Waals surface area contributed by atoms with Crippen molar-refractivity contribution in [3.63, 3.8) is 0 Å². The van der Waals surface area contributed by atoms with Gasteiger partial charge in [0.2, 0.25) is 5.91 Å². The van der Waals surface area contributed by atoms with Gasteiger partial charge in [-0.15, -0.1) is 0 Å². The van der Waals surface area contributed by atoms with Gasteiger partial charge >= 0.3 is 5.97 Å². The van der Waals surface area contributed by atoms with E-state index in [0.717, 1.165) is 4.90 Å². The number of nitrogens with zero attached hydrogens (tertiary/aromatic N) is 3. The molecule has 0 bridgehead atoms. The molecule has 4 heterocycles. The van der Waals surface area contributed by atoms with E-state index < -0.39 is 60.1 Å². The lowest BCUT2D eigenvalue weighted by Gasteiger charge is -2.35. The first-order valence-electron chi connectivity index (χ1n) is 11.2. The van der Waals surface area contributed by atoms with Gasteiger partial charge in [0.05, 0.1) is 28.7 Å². The minimum absolute atomic E-state index is 0.0275. The molecule has 3 aromatic rings. The number of amides is 2. The van der Waals surface area contributed by atoms with Crippen LogP contribution in [0.5, 0.6) is 0 Å². The van der Waals surface area contributed by atoms with E-state index in [4.69, 9.17) is 23.2 Å². The highest BCUT2D eigenvalue weighted by Gasteiger charge is 2.74. The summed E-state index contributed by atoms with van der Waals surface area (Å²) in [5.41, 5.74) is -1.48. The lowest BCUT2D eigenvalue weighted by Crippen LogP contribution is -2.54. The molecule has 2 aromatic carbocycles. The zero-order chi connectivity index (χ0) is 26.3. The summed E-state index contributed by atoms with van der Waals surface area (Å²) in [6.07, 6.45) is 0.418. The fourth-order valence-electron chi connectivity index (χ4n) is 6.10. The average Bonchev–Trinajstić information content (AvgIpc) is 3.40. The van der Waals surface area contributed by atoms with E-state index in [0.29, 0.717) is 10.9 Å². The van der Waals surface area contributed by atoms with Crippen molar-refractivity contribution in [1.29, 1.82) is 0 Å². The van der Waals surface area contributed by atoms with Gasteiger partial charge in [-0.1, -0.05) is 35.3 Å². The number of carbonyl (C=O) groups is 3. The summed E-state index contributed by atoms with van der Waals surface area (Å²) < 4.78 is 29.7. The van der Waals surface area contributed by atoms with Crippen LogP contribution in [0.4, 0.5) is 20.3 Å². The molecule has 2 amide bonds. The summed E-state index contributed by atoms with van der Waals surface area (Å²) in [5, 5.41) is 16.2. The van der Waals surface area contributed by atoms with Crippen LogP contribution in [0.2, 0.25) is 10.0 Å². The topological polar surface area (TPSA) is 125 Å². The number of fused-ring (bicyclic) bond motifs is 5. The molecule has 4 atom stereocenters. The van der Waals surface area contributed by atoms with Crippen molar-refractivity contribution in [3.8, 4) is 0 Å². The minimum atomic E-state index is -3.27. The van der Waals surface area contributed by atoms with E-state index in [-0.39, 0.29) is 27.1 Å². The number of rotatable bonds is 3. The number of anilines is 2. The van der Waals surface area contributed by atoms with Gasteiger partial charge < -0.3 is 15.7 Å². The Hall–Kier alpha value is -3.41. The highest BCUT2D eigenvalue weighted by molar-refractivity contribution is 6.38. The van der Waals surface area contributed by atoms with Gasteiger partial charge in [0.15, 0.2) is 0 Å². The predicted octanol–water partition coefficient (Wildman–Crippen LogP) is 3.76. The molecule has 2 saturated heterocycles. The second kappa shape index (κ2) is 8.04. The number of para-hydroxylation sites is 1. The number of carboxylic acids is 1. The first kappa shape index (κ1) is 24.0. The summed E-state index contributed by atoms with van der Waals surface area (Å²) in [5.74, 6) is -9.64. The molecule has 0 saturated carbocycles. The molecule has 3 aliphatic rings. The van der Waals surface area contributed by atoms with Crippen LogP contribution in [0.1, 0.15) is 12.0 Å². The van der Waals surface area contributed by atoms with Crippen LogP contribution in [0, 0.1) is 11.8 Å².